The van der Waals surface area contributed by atoms with Gasteiger partial charge in [-0.05, 0) is 42.5 Å². The monoisotopic (exact) mass is 248 g/mol. The van der Waals surface area contributed by atoms with Crippen molar-refractivity contribution in [2.45, 2.75) is 31.7 Å². The van der Waals surface area contributed by atoms with Crippen molar-refractivity contribution in [3.05, 3.63) is 29.3 Å². The van der Waals surface area contributed by atoms with Gasteiger partial charge in [-0.1, -0.05) is 6.07 Å². The Balaban J connectivity index is 1.82. The van der Waals surface area contributed by atoms with Crippen LogP contribution in [-0.2, 0) is 11.2 Å². The maximum absolute atomic E-state index is 11.0. The fourth-order valence-electron chi connectivity index (χ4n) is 2.26. The molecule has 0 fully saturated rings. The van der Waals surface area contributed by atoms with Gasteiger partial charge >= 0.3 is 0 Å². The number of aryl methyl sites for hydroxylation is 1. The molecule has 1 atom stereocenters. The summed E-state index contributed by atoms with van der Waals surface area (Å²) in [7, 11) is 1.65. The van der Waals surface area contributed by atoms with Crippen molar-refractivity contribution in [2.75, 3.05) is 13.7 Å². The summed E-state index contributed by atoms with van der Waals surface area (Å²) in [6.07, 6.45) is 3.30. The van der Waals surface area contributed by atoms with Crippen LogP contribution in [0.5, 0.6) is 5.75 Å². The van der Waals surface area contributed by atoms with Gasteiger partial charge in [-0.3, -0.25) is 4.79 Å². The molecule has 0 spiro atoms. The van der Waals surface area contributed by atoms with Crippen LogP contribution in [0.4, 0.5) is 0 Å². The smallest absolute Gasteiger partial charge is 0.219 e. The van der Waals surface area contributed by atoms with Gasteiger partial charge in [0, 0.05) is 19.5 Å². The van der Waals surface area contributed by atoms with Crippen molar-refractivity contribution in [3.8, 4) is 5.75 Å². The molecule has 1 amide bonds. The van der Waals surface area contributed by atoms with E-state index in [2.05, 4.69) is 17.4 Å². The van der Waals surface area contributed by atoms with E-state index < -0.39 is 0 Å². The van der Waals surface area contributed by atoms with Crippen LogP contribution in [0, 0.1) is 0 Å². The van der Waals surface area contributed by atoms with Gasteiger partial charge in [0.05, 0.1) is 6.61 Å². The SMILES string of the molecule is CNC(=O)CCCOc1ccc2c(c1)CCC2N. The molecule has 0 heterocycles. The number of carbonyl (C=O) groups is 1. The van der Waals surface area contributed by atoms with Crippen LogP contribution < -0.4 is 15.8 Å². The Bertz CT molecular complexity index is 432. The molecule has 3 N–H and O–H groups in total. The average molecular weight is 248 g/mol. The predicted octanol–water partition coefficient (Wildman–Crippen LogP) is 1.54. The molecule has 0 bridgehead atoms. The van der Waals surface area contributed by atoms with Crippen LogP contribution >= 0.6 is 0 Å². The molecular weight excluding hydrogens is 228 g/mol. The molecule has 1 unspecified atom stereocenters. The Morgan fingerprint density at radius 2 is 2.39 bits per heavy atom. The third kappa shape index (κ3) is 3.01. The molecule has 0 radical (unpaired) electrons. The highest BCUT2D eigenvalue weighted by Crippen LogP contribution is 2.31. The van der Waals surface area contributed by atoms with Gasteiger partial charge < -0.3 is 15.8 Å². The van der Waals surface area contributed by atoms with E-state index in [0.29, 0.717) is 13.0 Å². The van der Waals surface area contributed by atoms with Crippen molar-refractivity contribution in [2.24, 2.45) is 5.73 Å². The van der Waals surface area contributed by atoms with Crippen LogP contribution in [0.1, 0.15) is 36.4 Å². The van der Waals surface area contributed by atoms with E-state index in [1.54, 1.807) is 7.05 Å². The van der Waals surface area contributed by atoms with Gasteiger partial charge in [0.2, 0.25) is 5.91 Å². The van der Waals surface area contributed by atoms with Gasteiger partial charge in [0.15, 0.2) is 0 Å². The summed E-state index contributed by atoms with van der Waals surface area (Å²) < 4.78 is 5.64. The summed E-state index contributed by atoms with van der Waals surface area (Å²) in [5, 5.41) is 2.59. The van der Waals surface area contributed by atoms with E-state index in [4.69, 9.17) is 10.5 Å². The molecule has 0 saturated carbocycles. The van der Waals surface area contributed by atoms with Crippen molar-refractivity contribution >= 4 is 5.91 Å². The summed E-state index contributed by atoms with van der Waals surface area (Å²) in [5.41, 5.74) is 8.52. The zero-order chi connectivity index (χ0) is 13.0. The van der Waals surface area contributed by atoms with Crippen LogP contribution in [-0.4, -0.2) is 19.6 Å². The minimum absolute atomic E-state index is 0.0542. The maximum Gasteiger partial charge on any atom is 0.219 e. The van der Waals surface area contributed by atoms with Gasteiger partial charge in [-0.2, -0.15) is 0 Å². The first kappa shape index (κ1) is 12.9. The third-order valence-corrected chi connectivity index (χ3v) is 3.33. The quantitative estimate of drug-likeness (QED) is 0.777. The van der Waals surface area contributed by atoms with Gasteiger partial charge in [0.1, 0.15) is 5.75 Å². The minimum Gasteiger partial charge on any atom is -0.494 e. The van der Waals surface area contributed by atoms with Crippen molar-refractivity contribution in [3.63, 3.8) is 0 Å². The van der Waals surface area contributed by atoms with E-state index in [0.717, 1.165) is 25.0 Å². The zero-order valence-electron chi connectivity index (χ0n) is 10.7. The molecule has 0 aliphatic heterocycles. The van der Waals surface area contributed by atoms with E-state index >= 15 is 0 Å². The fraction of sp³-hybridized carbons (Fsp3) is 0.500. The van der Waals surface area contributed by atoms with Crippen LogP contribution in [0.25, 0.3) is 0 Å². The molecule has 4 heteroatoms. The summed E-state index contributed by atoms with van der Waals surface area (Å²) in [6, 6.07) is 6.27. The molecule has 1 aliphatic carbocycles. The highest BCUT2D eigenvalue weighted by Gasteiger charge is 2.18. The number of rotatable bonds is 5. The largest absolute Gasteiger partial charge is 0.494 e. The van der Waals surface area contributed by atoms with Gasteiger partial charge in [-0.15, -0.1) is 0 Å². The highest BCUT2D eigenvalue weighted by molar-refractivity contribution is 5.75. The summed E-state index contributed by atoms with van der Waals surface area (Å²) in [6.45, 7) is 0.568. The number of nitrogens with one attached hydrogen (secondary N) is 1. The Kier molecular flexibility index (Phi) is 4.20. The molecule has 1 aliphatic rings. The second-order valence-corrected chi connectivity index (χ2v) is 4.63. The zero-order valence-corrected chi connectivity index (χ0v) is 10.7. The number of hydrogen-bond donors (Lipinski definition) is 2. The van der Waals surface area contributed by atoms with Gasteiger partial charge in [0.25, 0.3) is 0 Å². The summed E-state index contributed by atoms with van der Waals surface area (Å²) in [5.74, 6) is 0.929. The number of fused-ring (bicyclic) bond motifs is 1. The molecule has 1 aromatic carbocycles. The van der Waals surface area contributed by atoms with E-state index in [-0.39, 0.29) is 11.9 Å². The molecule has 0 saturated heterocycles. The van der Waals surface area contributed by atoms with Gasteiger partial charge in [-0.25, -0.2) is 0 Å². The number of hydrogen-bond acceptors (Lipinski definition) is 3. The Labute approximate surface area is 108 Å². The number of amides is 1. The Hall–Kier alpha value is -1.55. The fourth-order valence-corrected chi connectivity index (χ4v) is 2.26. The lowest BCUT2D eigenvalue weighted by atomic mass is 10.1. The maximum atomic E-state index is 11.0. The number of ether oxygens (including phenoxy) is 1. The molecule has 1 aromatic rings. The molecule has 2 rings (SSSR count). The van der Waals surface area contributed by atoms with Crippen molar-refractivity contribution in [1.82, 2.24) is 5.32 Å². The highest BCUT2D eigenvalue weighted by atomic mass is 16.5. The topological polar surface area (TPSA) is 64.3 Å². The lowest BCUT2D eigenvalue weighted by Gasteiger charge is -2.09. The predicted molar refractivity (Wildman–Crippen MR) is 70.5 cm³/mol. The Morgan fingerprint density at radius 3 is 3.17 bits per heavy atom. The molecule has 4 nitrogen and oxygen atoms in total. The molecule has 98 valence electrons. The summed E-state index contributed by atoms with van der Waals surface area (Å²) in [4.78, 5) is 11.0. The normalized spacial score (nSPS) is 17.3. The standard InChI is InChI=1S/C14H20N2O2/c1-16-14(17)3-2-8-18-11-5-6-12-10(9-11)4-7-13(12)15/h5-6,9,13H,2-4,7-8,15H2,1H3,(H,16,17). The first-order valence-electron chi connectivity index (χ1n) is 6.42. The molecule has 18 heavy (non-hydrogen) atoms. The molecular formula is C14H20N2O2. The minimum atomic E-state index is 0.0542. The number of nitrogens with two attached hydrogens (primary N) is 1. The van der Waals surface area contributed by atoms with Crippen molar-refractivity contribution in [1.29, 1.82) is 0 Å². The second-order valence-electron chi connectivity index (χ2n) is 4.63. The first-order chi connectivity index (χ1) is 8.70. The van der Waals surface area contributed by atoms with Crippen LogP contribution in [0.2, 0.25) is 0 Å². The Morgan fingerprint density at radius 1 is 1.56 bits per heavy atom. The van der Waals surface area contributed by atoms with E-state index in [1.807, 2.05) is 6.07 Å². The van der Waals surface area contributed by atoms with Crippen molar-refractivity contribution < 1.29 is 9.53 Å². The average Bonchev–Trinajstić information content (AvgIpc) is 2.76. The van der Waals surface area contributed by atoms with Crippen LogP contribution in [0.15, 0.2) is 18.2 Å². The summed E-state index contributed by atoms with van der Waals surface area (Å²) >= 11 is 0. The lowest BCUT2D eigenvalue weighted by Crippen LogP contribution is -2.18. The first-order valence-corrected chi connectivity index (χ1v) is 6.42. The number of benzene rings is 1. The third-order valence-electron chi connectivity index (χ3n) is 3.33. The second kappa shape index (κ2) is 5.87. The lowest BCUT2D eigenvalue weighted by molar-refractivity contribution is -0.120. The van der Waals surface area contributed by atoms with Crippen LogP contribution in [0.3, 0.4) is 0 Å². The van der Waals surface area contributed by atoms with E-state index in [9.17, 15) is 4.79 Å². The van der Waals surface area contributed by atoms with E-state index in [1.165, 1.54) is 11.1 Å². The molecule has 0 aromatic heterocycles. The number of carbonyl (C=O) groups excluding carboxylic acids is 1.